The Morgan fingerprint density at radius 1 is 1.26 bits per heavy atom. The number of H-pyrrole nitrogens is 1. The Labute approximate surface area is 114 Å². The maximum atomic E-state index is 11.9. The van der Waals surface area contributed by atoms with Crippen LogP contribution in [0.3, 0.4) is 0 Å². The van der Waals surface area contributed by atoms with Gasteiger partial charge >= 0.3 is 0 Å². The number of aromatic amines is 1. The molecule has 0 unspecified atom stereocenters. The van der Waals surface area contributed by atoms with Gasteiger partial charge < -0.3 is 9.88 Å². The van der Waals surface area contributed by atoms with E-state index < -0.39 is 0 Å². The monoisotopic (exact) mass is 258 g/mol. The predicted octanol–water partition coefficient (Wildman–Crippen LogP) is 4.00. The van der Waals surface area contributed by atoms with Gasteiger partial charge in [0.2, 0.25) is 0 Å². The smallest absolute Gasteiger partial charge is 0.164 e. The zero-order chi connectivity index (χ0) is 13.8. The van der Waals surface area contributed by atoms with Crippen LogP contribution in [0.2, 0.25) is 0 Å². The lowest BCUT2D eigenvalue weighted by Gasteiger charge is -2.18. The van der Waals surface area contributed by atoms with Crippen molar-refractivity contribution in [1.82, 2.24) is 4.98 Å². The molecule has 0 spiro atoms. The van der Waals surface area contributed by atoms with Crippen LogP contribution in [0.15, 0.2) is 24.3 Å². The van der Waals surface area contributed by atoms with Gasteiger partial charge in [-0.05, 0) is 19.4 Å². The summed E-state index contributed by atoms with van der Waals surface area (Å²) in [5.74, 6) is 1.07. The van der Waals surface area contributed by atoms with Gasteiger partial charge in [-0.1, -0.05) is 38.0 Å². The highest BCUT2D eigenvalue weighted by molar-refractivity contribution is 6.11. The third kappa shape index (κ3) is 2.80. The van der Waals surface area contributed by atoms with Crippen molar-refractivity contribution in [1.29, 1.82) is 0 Å². The molecule has 19 heavy (non-hydrogen) atoms. The minimum atomic E-state index is 0.120. The molecule has 0 aliphatic rings. The van der Waals surface area contributed by atoms with E-state index in [1.54, 1.807) is 6.92 Å². The number of para-hydroxylation sites is 1. The molecular weight excluding hydrogens is 236 g/mol. The van der Waals surface area contributed by atoms with Crippen molar-refractivity contribution in [3.05, 3.63) is 29.8 Å². The number of anilines is 1. The van der Waals surface area contributed by atoms with E-state index in [2.05, 4.69) is 16.8 Å². The standard InChI is InChI=1S/C16H22N2O/c1-4-5-8-11-18(3)16-15(12(2)19)13-9-6-7-10-14(13)17-16/h6-7,9-10,17H,4-5,8,11H2,1-3H3. The van der Waals surface area contributed by atoms with E-state index in [-0.39, 0.29) is 5.78 Å². The van der Waals surface area contributed by atoms with Gasteiger partial charge in [0, 0.05) is 24.5 Å². The second-order valence-corrected chi connectivity index (χ2v) is 5.08. The highest BCUT2D eigenvalue weighted by Gasteiger charge is 2.17. The molecule has 0 bridgehead atoms. The molecule has 0 fully saturated rings. The normalized spacial score (nSPS) is 10.9. The molecule has 3 nitrogen and oxygen atoms in total. The van der Waals surface area contributed by atoms with E-state index in [4.69, 9.17) is 0 Å². The van der Waals surface area contributed by atoms with E-state index in [0.717, 1.165) is 35.2 Å². The highest BCUT2D eigenvalue weighted by atomic mass is 16.1. The van der Waals surface area contributed by atoms with Crippen molar-refractivity contribution in [2.24, 2.45) is 0 Å². The number of aromatic nitrogens is 1. The molecule has 0 saturated heterocycles. The second kappa shape index (κ2) is 5.91. The van der Waals surface area contributed by atoms with E-state index in [1.807, 2.05) is 31.3 Å². The summed E-state index contributed by atoms with van der Waals surface area (Å²) in [5.41, 5.74) is 1.85. The topological polar surface area (TPSA) is 36.1 Å². The molecule has 0 radical (unpaired) electrons. The van der Waals surface area contributed by atoms with Crippen LogP contribution in [0.4, 0.5) is 5.82 Å². The number of ketones is 1. The van der Waals surface area contributed by atoms with Crippen LogP contribution in [0.1, 0.15) is 43.5 Å². The number of carbonyl (C=O) groups is 1. The number of nitrogens with one attached hydrogen (secondary N) is 1. The lowest BCUT2D eigenvalue weighted by molar-refractivity contribution is 0.101. The molecular formula is C16H22N2O. The van der Waals surface area contributed by atoms with Gasteiger partial charge in [0.15, 0.2) is 5.78 Å². The molecule has 2 aromatic rings. The Morgan fingerprint density at radius 3 is 2.68 bits per heavy atom. The molecule has 1 aromatic heterocycles. The minimum Gasteiger partial charge on any atom is -0.361 e. The van der Waals surface area contributed by atoms with Gasteiger partial charge in [0.25, 0.3) is 0 Å². The Morgan fingerprint density at radius 2 is 2.00 bits per heavy atom. The number of carbonyl (C=O) groups excluding carboxylic acids is 1. The molecule has 3 heteroatoms. The fourth-order valence-electron chi connectivity index (χ4n) is 2.48. The van der Waals surface area contributed by atoms with Crippen LogP contribution in [-0.2, 0) is 0 Å². The first kappa shape index (κ1) is 13.7. The third-order valence-electron chi connectivity index (χ3n) is 3.52. The van der Waals surface area contributed by atoms with Crippen LogP contribution in [0, 0.1) is 0 Å². The van der Waals surface area contributed by atoms with Crippen LogP contribution >= 0.6 is 0 Å². The van der Waals surface area contributed by atoms with Gasteiger partial charge in [0.05, 0.1) is 5.56 Å². The Bertz CT molecular complexity index is 571. The number of Topliss-reactive ketones (excluding diaryl/α,β-unsaturated/α-hetero) is 1. The number of hydrogen-bond acceptors (Lipinski definition) is 2. The zero-order valence-electron chi connectivity index (χ0n) is 12.0. The Kier molecular flexibility index (Phi) is 4.25. The molecule has 102 valence electrons. The first-order chi connectivity index (χ1) is 9.15. The SMILES string of the molecule is CCCCCN(C)c1[nH]c2ccccc2c1C(C)=O. The number of hydrogen-bond donors (Lipinski definition) is 1. The summed E-state index contributed by atoms with van der Waals surface area (Å²) in [6.07, 6.45) is 3.58. The minimum absolute atomic E-state index is 0.120. The van der Waals surface area contributed by atoms with E-state index in [9.17, 15) is 4.79 Å². The molecule has 2 rings (SSSR count). The van der Waals surface area contributed by atoms with Crippen molar-refractivity contribution in [2.45, 2.75) is 33.1 Å². The maximum Gasteiger partial charge on any atom is 0.164 e. The summed E-state index contributed by atoms with van der Waals surface area (Å²) in [6, 6.07) is 7.99. The summed E-state index contributed by atoms with van der Waals surface area (Å²) >= 11 is 0. The van der Waals surface area contributed by atoms with Gasteiger partial charge in [-0.2, -0.15) is 0 Å². The summed E-state index contributed by atoms with van der Waals surface area (Å²) in [5, 5.41) is 1.02. The van der Waals surface area contributed by atoms with Crippen molar-refractivity contribution < 1.29 is 4.79 Å². The molecule has 0 atom stereocenters. The van der Waals surface area contributed by atoms with Gasteiger partial charge in [-0.15, -0.1) is 0 Å². The van der Waals surface area contributed by atoms with Crippen molar-refractivity contribution >= 4 is 22.5 Å². The quantitative estimate of drug-likeness (QED) is 0.628. The van der Waals surface area contributed by atoms with E-state index in [1.165, 1.54) is 12.8 Å². The fourth-order valence-corrected chi connectivity index (χ4v) is 2.48. The maximum absolute atomic E-state index is 11.9. The summed E-state index contributed by atoms with van der Waals surface area (Å²) in [6.45, 7) is 4.81. The van der Waals surface area contributed by atoms with Crippen LogP contribution in [-0.4, -0.2) is 24.4 Å². The number of nitrogens with zero attached hydrogens (tertiary/aromatic N) is 1. The number of unbranched alkanes of at least 4 members (excludes halogenated alkanes) is 2. The highest BCUT2D eigenvalue weighted by Crippen LogP contribution is 2.28. The molecule has 0 aliphatic carbocycles. The first-order valence-electron chi connectivity index (χ1n) is 6.98. The Balaban J connectivity index is 2.36. The molecule has 0 amide bonds. The van der Waals surface area contributed by atoms with Crippen molar-refractivity contribution in [3.8, 4) is 0 Å². The number of fused-ring (bicyclic) bond motifs is 1. The van der Waals surface area contributed by atoms with Gasteiger partial charge in [-0.25, -0.2) is 0 Å². The van der Waals surface area contributed by atoms with Gasteiger partial charge in [-0.3, -0.25) is 4.79 Å². The molecule has 1 aromatic carbocycles. The molecule has 0 aliphatic heterocycles. The average Bonchev–Trinajstić information content (AvgIpc) is 2.78. The fraction of sp³-hybridized carbons (Fsp3) is 0.438. The third-order valence-corrected chi connectivity index (χ3v) is 3.52. The summed E-state index contributed by atoms with van der Waals surface area (Å²) in [4.78, 5) is 17.5. The van der Waals surface area contributed by atoms with E-state index in [0.29, 0.717) is 0 Å². The van der Waals surface area contributed by atoms with Crippen molar-refractivity contribution in [2.75, 3.05) is 18.5 Å². The molecule has 1 heterocycles. The zero-order valence-corrected chi connectivity index (χ0v) is 12.0. The second-order valence-electron chi connectivity index (χ2n) is 5.08. The largest absolute Gasteiger partial charge is 0.361 e. The first-order valence-corrected chi connectivity index (χ1v) is 6.98. The lowest BCUT2D eigenvalue weighted by Crippen LogP contribution is -2.20. The summed E-state index contributed by atoms with van der Waals surface area (Å²) in [7, 11) is 2.05. The number of benzene rings is 1. The Hall–Kier alpha value is -1.77. The molecule has 0 saturated carbocycles. The van der Waals surface area contributed by atoms with Crippen LogP contribution in [0.5, 0.6) is 0 Å². The van der Waals surface area contributed by atoms with Crippen molar-refractivity contribution in [3.63, 3.8) is 0 Å². The van der Waals surface area contributed by atoms with Crippen LogP contribution < -0.4 is 4.90 Å². The van der Waals surface area contributed by atoms with E-state index >= 15 is 0 Å². The average molecular weight is 258 g/mol. The molecule has 1 N–H and O–H groups in total. The number of rotatable bonds is 6. The van der Waals surface area contributed by atoms with Gasteiger partial charge in [0.1, 0.15) is 5.82 Å². The summed E-state index contributed by atoms with van der Waals surface area (Å²) < 4.78 is 0. The predicted molar refractivity (Wildman–Crippen MR) is 81.1 cm³/mol. The van der Waals surface area contributed by atoms with Crippen LogP contribution in [0.25, 0.3) is 10.9 Å². The lowest BCUT2D eigenvalue weighted by atomic mass is 10.1.